The lowest BCUT2D eigenvalue weighted by molar-refractivity contribution is 0.137. The van der Waals surface area contributed by atoms with Gasteiger partial charge < -0.3 is 5.73 Å². The summed E-state index contributed by atoms with van der Waals surface area (Å²) in [6.45, 7) is 12.5. The molecule has 0 fully saturated rings. The third kappa shape index (κ3) is 2.99. The molecule has 0 aromatic carbocycles. The highest BCUT2D eigenvalue weighted by Crippen LogP contribution is 2.41. The van der Waals surface area contributed by atoms with Crippen molar-refractivity contribution in [2.45, 2.75) is 54.0 Å². The molecule has 0 rings (SSSR count). The number of nitriles is 1. The molecule has 0 heterocycles. The average Bonchev–Trinajstić information content (AvgIpc) is 2.03. The van der Waals surface area contributed by atoms with Gasteiger partial charge in [-0.25, -0.2) is 0 Å². The van der Waals surface area contributed by atoms with E-state index in [1.165, 1.54) is 0 Å². The van der Waals surface area contributed by atoms with Gasteiger partial charge in [0.25, 0.3) is 0 Å². The minimum Gasteiger partial charge on any atom is -0.327 e. The molecular weight excluding hydrogens is 172 g/mol. The lowest BCUT2D eigenvalue weighted by Crippen LogP contribution is -2.39. The molecule has 0 amide bonds. The van der Waals surface area contributed by atoms with Crippen molar-refractivity contribution in [1.29, 1.82) is 5.26 Å². The van der Waals surface area contributed by atoms with Crippen LogP contribution in [0.15, 0.2) is 0 Å². The number of hydrogen-bond donors (Lipinski definition) is 1. The molecule has 0 aliphatic heterocycles. The molecule has 0 saturated carbocycles. The normalized spacial score (nSPS) is 15.4. The Kier molecular flexibility index (Phi) is 4.15. The van der Waals surface area contributed by atoms with Gasteiger partial charge in [0.2, 0.25) is 0 Å². The highest BCUT2D eigenvalue weighted by molar-refractivity contribution is 5.02. The summed E-state index contributed by atoms with van der Waals surface area (Å²) in [7, 11) is 0. The number of hydrogen-bond acceptors (Lipinski definition) is 2. The van der Waals surface area contributed by atoms with Crippen molar-refractivity contribution in [2.75, 3.05) is 0 Å². The maximum absolute atomic E-state index is 9.09. The van der Waals surface area contributed by atoms with Crippen molar-refractivity contribution in [3.05, 3.63) is 0 Å². The SMILES string of the molecule is CC(C)C(N)CC(C)(C)C(C)(C)C#N. The molecular formula is C12H24N2. The number of nitrogens with two attached hydrogens (primary N) is 1. The largest absolute Gasteiger partial charge is 0.327 e. The second-order valence-electron chi connectivity index (χ2n) is 5.73. The first-order valence-electron chi connectivity index (χ1n) is 5.31. The van der Waals surface area contributed by atoms with Crippen LogP contribution in [0.1, 0.15) is 48.0 Å². The van der Waals surface area contributed by atoms with Gasteiger partial charge in [-0.05, 0) is 31.6 Å². The summed E-state index contributed by atoms with van der Waals surface area (Å²) in [6, 6.07) is 2.55. The zero-order chi connectivity index (χ0) is 11.6. The van der Waals surface area contributed by atoms with Crippen LogP contribution < -0.4 is 5.73 Å². The zero-order valence-electron chi connectivity index (χ0n) is 10.4. The quantitative estimate of drug-likeness (QED) is 0.751. The molecule has 0 aromatic heterocycles. The van der Waals surface area contributed by atoms with Gasteiger partial charge in [0.05, 0.1) is 11.5 Å². The Morgan fingerprint density at radius 1 is 1.21 bits per heavy atom. The Labute approximate surface area is 88.5 Å². The predicted molar refractivity (Wildman–Crippen MR) is 60.6 cm³/mol. The van der Waals surface area contributed by atoms with E-state index in [9.17, 15) is 0 Å². The molecule has 2 heteroatoms. The van der Waals surface area contributed by atoms with E-state index in [-0.39, 0.29) is 16.9 Å². The van der Waals surface area contributed by atoms with E-state index >= 15 is 0 Å². The van der Waals surface area contributed by atoms with Crippen LogP contribution in [0.3, 0.4) is 0 Å². The summed E-state index contributed by atoms with van der Waals surface area (Å²) >= 11 is 0. The Hall–Kier alpha value is -0.550. The molecule has 82 valence electrons. The number of rotatable bonds is 4. The Morgan fingerprint density at radius 2 is 1.64 bits per heavy atom. The first-order chi connectivity index (χ1) is 6.14. The standard InChI is InChI=1S/C12H24N2/c1-9(2)10(14)7-11(3,4)12(5,6)8-13/h9-10H,7,14H2,1-6H3. The van der Waals surface area contributed by atoms with Gasteiger partial charge in [0, 0.05) is 6.04 Å². The van der Waals surface area contributed by atoms with Gasteiger partial charge in [-0.1, -0.05) is 27.7 Å². The summed E-state index contributed by atoms with van der Waals surface area (Å²) in [6.07, 6.45) is 0.894. The maximum Gasteiger partial charge on any atom is 0.0689 e. The highest BCUT2D eigenvalue weighted by atomic mass is 14.7. The van der Waals surface area contributed by atoms with Crippen LogP contribution in [0.5, 0.6) is 0 Å². The summed E-state index contributed by atoms with van der Waals surface area (Å²) in [5, 5.41) is 9.09. The number of nitrogens with zero attached hydrogens (tertiary/aromatic N) is 1. The monoisotopic (exact) mass is 196 g/mol. The topological polar surface area (TPSA) is 49.8 Å². The highest BCUT2D eigenvalue weighted by Gasteiger charge is 2.38. The predicted octanol–water partition coefficient (Wildman–Crippen LogP) is 2.94. The minimum atomic E-state index is -0.320. The molecule has 0 bridgehead atoms. The van der Waals surface area contributed by atoms with E-state index < -0.39 is 0 Å². The van der Waals surface area contributed by atoms with Crippen LogP contribution >= 0.6 is 0 Å². The van der Waals surface area contributed by atoms with Crippen LogP contribution in [-0.2, 0) is 0 Å². The van der Waals surface area contributed by atoms with E-state index in [4.69, 9.17) is 11.0 Å². The Balaban J connectivity index is 4.59. The fourth-order valence-corrected chi connectivity index (χ4v) is 1.23. The molecule has 0 aromatic rings. The molecule has 0 radical (unpaired) electrons. The smallest absolute Gasteiger partial charge is 0.0689 e. The first-order valence-corrected chi connectivity index (χ1v) is 5.31. The lowest BCUT2D eigenvalue weighted by Gasteiger charge is -2.39. The summed E-state index contributed by atoms with van der Waals surface area (Å²) in [5.74, 6) is 0.476. The fourth-order valence-electron chi connectivity index (χ4n) is 1.23. The third-order valence-corrected chi connectivity index (χ3v) is 3.57. The first kappa shape index (κ1) is 13.4. The van der Waals surface area contributed by atoms with Gasteiger partial charge in [-0.15, -0.1) is 0 Å². The van der Waals surface area contributed by atoms with Crippen molar-refractivity contribution in [3.8, 4) is 6.07 Å². The molecule has 0 aliphatic rings. The van der Waals surface area contributed by atoms with Gasteiger partial charge in [0.15, 0.2) is 0 Å². The second kappa shape index (κ2) is 4.31. The van der Waals surface area contributed by atoms with Gasteiger partial charge in [-0.2, -0.15) is 5.26 Å². The van der Waals surface area contributed by atoms with E-state index in [1.807, 2.05) is 13.8 Å². The molecule has 0 aliphatic carbocycles. The van der Waals surface area contributed by atoms with Crippen LogP contribution in [-0.4, -0.2) is 6.04 Å². The van der Waals surface area contributed by atoms with Crippen molar-refractivity contribution in [1.82, 2.24) is 0 Å². The van der Waals surface area contributed by atoms with Crippen molar-refractivity contribution < 1.29 is 0 Å². The Morgan fingerprint density at radius 3 is 1.93 bits per heavy atom. The molecule has 0 spiro atoms. The average molecular weight is 196 g/mol. The fraction of sp³-hybridized carbons (Fsp3) is 0.917. The molecule has 1 unspecified atom stereocenters. The molecule has 2 N–H and O–H groups in total. The second-order valence-corrected chi connectivity index (χ2v) is 5.73. The molecule has 2 nitrogen and oxygen atoms in total. The van der Waals surface area contributed by atoms with Crippen LogP contribution in [0.2, 0.25) is 0 Å². The van der Waals surface area contributed by atoms with E-state index in [0.29, 0.717) is 5.92 Å². The zero-order valence-corrected chi connectivity index (χ0v) is 10.4. The van der Waals surface area contributed by atoms with Crippen molar-refractivity contribution in [2.24, 2.45) is 22.5 Å². The van der Waals surface area contributed by atoms with Gasteiger partial charge in [0.1, 0.15) is 0 Å². The summed E-state index contributed by atoms with van der Waals surface area (Å²) < 4.78 is 0. The van der Waals surface area contributed by atoms with Crippen LogP contribution in [0, 0.1) is 28.1 Å². The van der Waals surface area contributed by atoms with Crippen molar-refractivity contribution in [3.63, 3.8) is 0 Å². The van der Waals surface area contributed by atoms with Gasteiger partial charge in [-0.3, -0.25) is 0 Å². The summed E-state index contributed by atoms with van der Waals surface area (Å²) in [4.78, 5) is 0. The van der Waals surface area contributed by atoms with E-state index in [1.54, 1.807) is 0 Å². The molecule has 14 heavy (non-hydrogen) atoms. The third-order valence-electron chi connectivity index (χ3n) is 3.57. The minimum absolute atomic E-state index is 0.0363. The molecule has 0 saturated heterocycles. The Bertz CT molecular complexity index is 221. The van der Waals surface area contributed by atoms with Crippen molar-refractivity contribution >= 4 is 0 Å². The lowest BCUT2D eigenvalue weighted by atomic mass is 9.65. The van der Waals surface area contributed by atoms with E-state index in [2.05, 4.69) is 33.8 Å². The summed E-state index contributed by atoms with van der Waals surface area (Å²) in [5.41, 5.74) is 5.69. The van der Waals surface area contributed by atoms with Crippen LogP contribution in [0.4, 0.5) is 0 Å². The van der Waals surface area contributed by atoms with Gasteiger partial charge >= 0.3 is 0 Å². The molecule has 1 atom stereocenters. The van der Waals surface area contributed by atoms with Crippen LogP contribution in [0.25, 0.3) is 0 Å². The maximum atomic E-state index is 9.09. The van der Waals surface area contributed by atoms with E-state index in [0.717, 1.165) is 6.42 Å².